The lowest BCUT2D eigenvalue weighted by Crippen LogP contribution is -2.31. The van der Waals surface area contributed by atoms with E-state index in [2.05, 4.69) is 20.3 Å². The molecule has 4 aromatic rings. The lowest BCUT2D eigenvalue weighted by Gasteiger charge is -2.23. The van der Waals surface area contributed by atoms with Crippen LogP contribution in [0.15, 0.2) is 47.2 Å². The van der Waals surface area contributed by atoms with E-state index in [1.54, 1.807) is 36.1 Å². The molecule has 0 aliphatic carbocycles. The van der Waals surface area contributed by atoms with Crippen LogP contribution in [0, 0.1) is 5.82 Å². The van der Waals surface area contributed by atoms with E-state index in [1.807, 2.05) is 0 Å². The minimum absolute atomic E-state index is 0.0522. The molecule has 5 rings (SSSR count). The van der Waals surface area contributed by atoms with E-state index in [9.17, 15) is 9.18 Å². The van der Waals surface area contributed by atoms with Gasteiger partial charge in [0.05, 0.1) is 42.3 Å². The van der Waals surface area contributed by atoms with Crippen LogP contribution in [-0.2, 0) is 0 Å². The van der Waals surface area contributed by atoms with Gasteiger partial charge in [-0.15, -0.1) is 0 Å². The number of rotatable bonds is 7. The summed E-state index contributed by atoms with van der Waals surface area (Å²) in [4.78, 5) is 21.3. The predicted molar refractivity (Wildman–Crippen MR) is 127 cm³/mol. The number of nitrogens with zero attached hydrogens (tertiary/aromatic N) is 6. The molecule has 36 heavy (non-hydrogen) atoms. The zero-order chi connectivity index (χ0) is 25.2. The molecule has 1 fully saturated rings. The molecular formula is C24H22ClFN6O4. The maximum Gasteiger partial charge on any atom is 0.256 e. The third-order valence-corrected chi connectivity index (χ3v) is 6.17. The summed E-state index contributed by atoms with van der Waals surface area (Å²) in [6.45, 7) is 2.52. The zero-order valence-corrected chi connectivity index (χ0v) is 20.3. The summed E-state index contributed by atoms with van der Waals surface area (Å²) in [5, 5.41) is 12.7. The van der Waals surface area contributed by atoms with Crippen molar-refractivity contribution in [1.82, 2.24) is 30.0 Å². The molecule has 1 atom stereocenters. The van der Waals surface area contributed by atoms with Gasteiger partial charge in [-0.1, -0.05) is 22.8 Å². The van der Waals surface area contributed by atoms with Crippen LogP contribution in [0.1, 0.15) is 42.1 Å². The molecule has 1 saturated heterocycles. The highest BCUT2D eigenvalue weighted by atomic mass is 35.5. The van der Waals surface area contributed by atoms with Crippen molar-refractivity contribution < 1.29 is 23.2 Å². The standard InChI is InChI=1S/C24H22ClFN6O4/c1-3-35-21-14(6-4-7-17(21)26)22-29-23(36-30-22)18-8-5-11-31(18)24(33)15-12-20(34-2)16(25)13-19(15)32-27-9-10-28-32/h4,6-7,9-10,12-13,18H,3,5,8,11H2,1-2H3. The van der Waals surface area contributed by atoms with Gasteiger partial charge in [0, 0.05) is 6.54 Å². The zero-order valence-electron chi connectivity index (χ0n) is 19.5. The molecular weight excluding hydrogens is 491 g/mol. The van der Waals surface area contributed by atoms with E-state index in [1.165, 1.54) is 30.4 Å². The summed E-state index contributed by atoms with van der Waals surface area (Å²) >= 11 is 6.33. The molecule has 10 nitrogen and oxygen atoms in total. The summed E-state index contributed by atoms with van der Waals surface area (Å²) in [6, 6.07) is 7.20. The van der Waals surface area contributed by atoms with E-state index in [0.29, 0.717) is 40.6 Å². The largest absolute Gasteiger partial charge is 0.495 e. The van der Waals surface area contributed by atoms with Crippen LogP contribution in [0.3, 0.4) is 0 Å². The van der Waals surface area contributed by atoms with Gasteiger partial charge in [0.15, 0.2) is 11.6 Å². The quantitative estimate of drug-likeness (QED) is 0.356. The summed E-state index contributed by atoms with van der Waals surface area (Å²) in [5.41, 5.74) is 1.09. The average molecular weight is 513 g/mol. The molecule has 0 bridgehead atoms. The van der Waals surface area contributed by atoms with Crippen LogP contribution in [0.25, 0.3) is 17.1 Å². The fourth-order valence-corrected chi connectivity index (χ4v) is 4.49. The van der Waals surface area contributed by atoms with Gasteiger partial charge in [-0.3, -0.25) is 4.79 Å². The summed E-state index contributed by atoms with van der Waals surface area (Å²) in [7, 11) is 1.48. The number of amides is 1. The minimum Gasteiger partial charge on any atom is -0.495 e. The number of hydrogen-bond acceptors (Lipinski definition) is 8. The monoisotopic (exact) mass is 512 g/mol. The number of carbonyl (C=O) groups is 1. The first-order chi connectivity index (χ1) is 17.5. The Kier molecular flexibility index (Phi) is 6.55. The van der Waals surface area contributed by atoms with Crippen molar-refractivity contribution in [2.24, 2.45) is 0 Å². The second-order valence-corrected chi connectivity index (χ2v) is 8.39. The number of hydrogen-bond donors (Lipinski definition) is 0. The highest BCUT2D eigenvalue weighted by Crippen LogP contribution is 2.37. The smallest absolute Gasteiger partial charge is 0.256 e. The maximum absolute atomic E-state index is 14.3. The Hall–Kier alpha value is -3.99. The molecule has 12 heteroatoms. The van der Waals surface area contributed by atoms with Crippen molar-refractivity contribution in [3.8, 4) is 28.6 Å². The fraction of sp³-hybridized carbons (Fsp3) is 0.292. The number of methoxy groups -OCH3 is 1. The second kappa shape index (κ2) is 9.94. The number of ether oxygens (including phenoxy) is 2. The van der Waals surface area contributed by atoms with E-state index < -0.39 is 11.9 Å². The molecule has 1 aliphatic rings. The normalized spacial score (nSPS) is 15.3. The molecule has 186 valence electrons. The molecule has 1 aliphatic heterocycles. The Labute approximate surface area is 210 Å². The van der Waals surface area contributed by atoms with E-state index in [0.717, 1.165) is 6.42 Å². The first kappa shape index (κ1) is 23.7. The van der Waals surface area contributed by atoms with Crippen LogP contribution in [0.4, 0.5) is 4.39 Å². The lowest BCUT2D eigenvalue weighted by molar-refractivity contribution is 0.0709. The maximum atomic E-state index is 14.3. The van der Waals surface area contributed by atoms with Crippen LogP contribution in [0.2, 0.25) is 5.02 Å². The van der Waals surface area contributed by atoms with Crippen molar-refractivity contribution in [3.05, 3.63) is 65.0 Å². The molecule has 0 radical (unpaired) electrons. The molecule has 1 unspecified atom stereocenters. The van der Waals surface area contributed by atoms with Gasteiger partial charge in [0.25, 0.3) is 5.91 Å². The highest BCUT2D eigenvalue weighted by molar-refractivity contribution is 6.32. The van der Waals surface area contributed by atoms with E-state index >= 15 is 0 Å². The van der Waals surface area contributed by atoms with E-state index in [-0.39, 0.29) is 30.0 Å². The molecule has 3 heterocycles. The van der Waals surface area contributed by atoms with Gasteiger partial charge in [0.2, 0.25) is 11.7 Å². The third kappa shape index (κ3) is 4.26. The topological polar surface area (TPSA) is 108 Å². The fourth-order valence-electron chi connectivity index (χ4n) is 4.25. The van der Waals surface area contributed by atoms with Gasteiger partial charge in [-0.05, 0) is 44.0 Å². The Morgan fingerprint density at radius 1 is 1.28 bits per heavy atom. The van der Waals surface area contributed by atoms with Crippen LogP contribution in [-0.4, -0.2) is 56.2 Å². The average Bonchev–Trinajstić information content (AvgIpc) is 3.66. The predicted octanol–water partition coefficient (Wildman–Crippen LogP) is 4.49. The van der Waals surface area contributed by atoms with Gasteiger partial charge < -0.3 is 18.9 Å². The Morgan fingerprint density at radius 2 is 2.08 bits per heavy atom. The van der Waals surface area contributed by atoms with Crippen LogP contribution in [0.5, 0.6) is 11.5 Å². The van der Waals surface area contributed by atoms with Crippen molar-refractivity contribution in [2.75, 3.05) is 20.3 Å². The first-order valence-corrected chi connectivity index (χ1v) is 11.7. The molecule has 1 amide bonds. The van der Waals surface area contributed by atoms with Crippen LogP contribution < -0.4 is 9.47 Å². The summed E-state index contributed by atoms with van der Waals surface area (Å²) in [6.07, 6.45) is 4.37. The van der Waals surface area contributed by atoms with Crippen molar-refractivity contribution in [2.45, 2.75) is 25.8 Å². The van der Waals surface area contributed by atoms with Crippen molar-refractivity contribution >= 4 is 17.5 Å². The molecule has 0 N–H and O–H groups in total. The molecule has 2 aromatic heterocycles. The molecule has 0 spiro atoms. The first-order valence-electron chi connectivity index (χ1n) is 11.3. The number of carbonyl (C=O) groups excluding carboxylic acids is 1. The number of para-hydroxylation sites is 1. The van der Waals surface area contributed by atoms with E-state index in [4.69, 9.17) is 25.6 Å². The Bertz CT molecular complexity index is 1390. The molecule has 2 aromatic carbocycles. The molecule has 0 saturated carbocycles. The van der Waals surface area contributed by atoms with Gasteiger partial charge in [0.1, 0.15) is 17.5 Å². The third-order valence-electron chi connectivity index (χ3n) is 5.87. The lowest BCUT2D eigenvalue weighted by atomic mass is 10.1. The highest BCUT2D eigenvalue weighted by Gasteiger charge is 2.36. The number of halogens is 2. The van der Waals surface area contributed by atoms with Crippen molar-refractivity contribution in [1.29, 1.82) is 0 Å². The number of benzene rings is 2. The van der Waals surface area contributed by atoms with Gasteiger partial charge in [-0.25, -0.2) is 4.39 Å². The number of aromatic nitrogens is 5. The van der Waals surface area contributed by atoms with Gasteiger partial charge >= 0.3 is 0 Å². The summed E-state index contributed by atoms with van der Waals surface area (Å²) in [5.74, 6) is 0.0248. The van der Waals surface area contributed by atoms with Crippen LogP contribution >= 0.6 is 11.6 Å². The minimum atomic E-state index is -0.519. The SMILES string of the molecule is CCOc1c(F)cccc1-c1noc(C2CCCN2C(=O)c2cc(OC)c(Cl)cc2-n2nccn2)n1. The Morgan fingerprint density at radius 3 is 2.83 bits per heavy atom. The second-order valence-electron chi connectivity index (χ2n) is 7.98. The Balaban J connectivity index is 1.49. The number of likely N-dealkylation sites (tertiary alicyclic amines) is 1. The van der Waals surface area contributed by atoms with Crippen molar-refractivity contribution in [3.63, 3.8) is 0 Å². The van der Waals surface area contributed by atoms with Gasteiger partial charge in [-0.2, -0.15) is 20.0 Å². The summed E-state index contributed by atoms with van der Waals surface area (Å²) < 4.78 is 30.7.